The first kappa shape index (κ1) is 13.3. The molecule has 2 rings (SSSR count). The van der Waals surface area contributed by atoms with Crippen LogP contribution in [-0.2, 0) is 0 Å². The van der Waals surface area contributed by atoms with E-state index >= 15 is 0 Å². The van der Waals surface area contributed by atoms with Crippen molar-refractivity contribution < 1.29 is 17.9 Å². The van der Waals surface area contributed by atoms with Gasteiger partial charge in [-0.1, -0.05) is 6.07 Å². The minimum Gasteiger partial charge on any atom is -0.457 e. The van der Waals surface area contributed by atoms with Gasteiger partial charge in [0.1, 0.15) is 17.3 Å². The molecule has 0 unspecified atom stereocenters. The monoisotopic (exact) mass is 267 g/mol. The molecule has 0 heterocycles. The average Bonchev–Trinajstić information content (AvgIpc) is 2.36. The number of hydrogen-bond acceptors (Lipinski definition) is 2. The van der Waals surface area contributed by atoms with Crippen molar-refractivity contribution in [3.63, 3.8) is 0 Å². The SMILES string of the molecule is Cc1ccc(Oc2ccc(N)cc2C(F)F)cc1F. The quantitative estimate of drug-likeness (QED) is 0.834. The molecule has 0 fully saturated rings. The van der Waals surface area contributed by atoms with Crippen molar-refractivity contribution in [1.82, 2.24) is 0 Å². The molecule has 19 heavy (non-hydrogen) atoms. The zero-order valence-corrected chi connectivity index (χ0v) is 10.2. The molecule has 2 N–H and O–H groups in total. The van der Waals surface area contributed by atoms with Crippen molar-refractivity contribution in [2.24, 2.45) is 0 Å². The van der Waals surface area contributed by atoms with Crippen LogP contribution in [0.1, 0.15) is 17.6 Å². The lowest BCUT2D eigenvalue weighted by Gasteiger charge is -2.11. The number of rotatable bonds is 3. The minimum absolute atomic E-state index is 0.0348. The summed E-state index contributed by atoms with van der Waals surface area (Å²) in [5, 5.41) is 0. The molecule has 100 valence electrons. The molecule has 0 aliphatic rings. The van der Waals surface area contributed by atoms with Crippen LogP contribution in [0.4, 0.5) is 18.9 Å². The van der Waals surface area contributed by atoms with Crippen LogP contribution in [0.3, 0.4) is 0 Å². The molecular weight excluding hydrogens is 255 g/mol. The number of halogens is 3. The van der Waals surface area contributed by atoms with Gasteiger partial charge >= 0.3 is 0 Å². The van der Waals surface area contributed by atoms with E-state index in [4.69, 9.17) is 10.5 Å². The highest BCUT2D eigenvalue weighted by Crippen LogP contribution is 2.34. The van der Waals surface area contributed by atoms with E-state index in [0.29, 0.717) is 5.56 Å². The lowest BCUT2D eigenvalue weighted by atomic mass is 10.2. The highest BCUT2D eigenvalue weighted by molar-refractivity contribution is 5.49. The number of ether oxygens (including phenoxy) is 1. The van der Waals surface area contributed by atoms with Gasteiger partial charge in [0.15, 0.2) is 0 Å². The third-order valence-corrected chi connectivity index (χ3v) is 2.64. The van der Waals surface area contributed by atoms with Gasteiger partial charge in [-0.15, -0.1) is 0 Å². The van der Waals surface area contributed by atoms with Crippen LogP contribution in [-0.4, -0.2) is 0 Å². The fourth-order valence-corrected chi connectivity index (χ4v) is 1.59. The van der Waals surface area contributed by atoms with Crippen molar-refractivity contribution in [3.8, 4) is 11.5 Å². The van der Waals surface area contributed by atoms with E-state index < -0.39 is 12.2 Å². The van der Waals surface area contributed by atoms with Crippen molar-refractivity contribution in [3.05, 3.63) is 53.3 Å². The van der Waals surface area contributed by atoms with Crippen LogP contribution in [0.25, 0.3) is 0 Å². The van der Waals surface area contributed by atoms with Crippen LogP contribution in [0.2, 0.25) is 0 Å². The summed E-state index contributed by atoms with van der Waals surface area (Å²) < 4.78 is 44.3. The number of aryl methyl sites for hydroxylation is 1. The lowest BCUT2D eigenvalue weighted by Crippen LogP contribution is -1.95. The van der Waals surface area contributed by atoms with Crippen molar-refractivity contribution in [2.45, 2.75) is 13.3 Å². The third-order valence-electron chi connectivity index (χ3n) is 2.64. The van der Waals surface area contributed by atoms with Crippen molar-refractivity contribution >= 4 is 5.69 Å². The van der Waals surface area contributed by atoms with Gasteiger partial charge in [0.05, 0.1) is 5.56 Å². The number of anilines is 1. The molecule has 0 bridgehead atoms. The first-order chi connectivity index (χ1) is 8.97. The minimum atomic E-state index is -2.71. The second kappa shape index (κ2) is 5.22. The maximum Gasteiger partial charge on any atom is 0.267 e. The topological polar surface area (TPSA) is 35.2 Å². The maximum absolute atomic E-state index is 13.4. The largest absolute Gasteiger partial charge is 0.457 e. The molecule has 0 radical (unpaired) electrons. The van der Waals surface area contributed by atoms with Gasteiger partial charge < -0.3 is 10.5 Å². The summed E-state index contributed by atoms with van der Waals surface area (Å²) in [6, 6.07) is 8.12. The van der Waals surface area contributed by atoms with E-state index in [0.717, 1.165) is 12.1 Å². The van der Waals surface area contributed by atoms with Gasteiger partial charge in [-0.05, 0) is 36.8 Å². The van der Waals surface area contributed by atoms with Gasteiger partial charge in [-0.25, -0.2) is 13.2 Å². The summed E-state index contributed by atoms with van der Waals surface area (Å²) in [6.45, 7) is 1.60. The highest BCUT2D eigenvalue weighted by atomic mass is 19.3. The molecule has 0 aliphatic heterocycles. The molecule has 5 heteroatoms. The normalized spacial score (nSPS) is 10.8. The van der Waals surface area contributed by atoms with E-state index in [-0.39, 0.29) is 22.7 Å². The summed E-state index contributed by atoms with van der Waals surface area (Å²) in [5.41, 5.74) is 5.81. The predicted molar refractivity (Wildman–Crippen MR) is 67.0 cm³/mol. The number of alkyl halides is 2. The molecule has 0 aliphatic carbocycles. The zero-order valence-electron chi connectivity index (χ0n) is 10.2. The predicted octanol–water partition coefficient (Wildman–Crippen LogP) is 4.45. The Hall–Kier alpha value is -2.17. The molecule has 0 atom stereocenters. The van der Waals surface area contributed by atoms with Gasteiger partial charge in [0, 0.05) is 11.8 Å². The molecule has 2 aromatic rings. The number of hydrogen-bond donors (Lipinski definition) is 1. The summed E-state index contributed by atoms with van der Waals surface area (Å²) >= 11 is 0. The highest BCUT2D eigenvalue weighted by Gasteiger charge is 2.15. The molecular formula is C14H12F3NO. The van der Waals surface area contributed by atoms with E-state index in [9.17, 15) is 13.2 Å². The van der Waals surface area contributed by atoms with Crippen LogP contribution >= 0.6 is 0 Å². The fourth-order valence-electron chi connectivity index (χ4n) is 1.59. The summed E-state index contributed by atoms with van der Waals surface area (Å²) in [6.07, 6.45) is -2.71. The Morgan fingerprint density at radius 1 is 1.11 bits per heavy atom. The summed E-state index contributed by atoms with van der Waals surface area (Å²) in [4.78, 5) is 0. The van der Waals surface area contributed by atoms with Crippen LogP contribution in [0.15, 0.2) is 36.4 Å². The Morgan fingerprint density at radius 2 is 1.84 bits per heavy atom. The van der Waals surface area contributed by atoms with Crippen LogP contribution in [0, 0.1) is 12.7 Å². The standard InChI is InChI=1S/C14H12F3NO/c1-8-2-4-10(7-12(8)15)19-13-5-3-9(18)6-11(13)14(16)17/h2-7,14H,18H2,1H3. The fraction of sp³-hybridized carbons (Fsp3) is 0.143. The first-order valence-corrected chi connectivity index (χ1v) is 5.59. The first-order valence-electron chi connectivity index (χ1n) is 5.59. The van der Waals surface area contributed by atoms with Crippen LogP contribution < -0.4 is 10.5 Å². The molecule has 2 aromatic carbocycles. The molecule has 0 saturated carbocycles. The lowest BCUT2D eigenvalue weighted by molar-refractivity contribution is 0.148. The van der Waals surface area contributed by atoms with E-state index in [1.165, 1.54) is 24.3 Å². The second-order valence-electron chi connectivity index (χ2n) is 4.11. The summed E-state index contributed by atoms with van der Waals surface area (Å²) in [5.74, 6) is -0.325. The Kier molecular flexibility index (Phi) is 3.64. The van der Waals surface area contributed by atoms with Gasteiger partial charge in [0.2, 0.25) is 0 Å². The molecule has 0 saturated heterocycles. The van der Waals surface area contributed by atoms with Gasteiger partial charge in [0.25, 0.3) is 6.43 Å². The second-order valence-corrected chi connectivity index (χ2v) is 4.11. The van der Waals surface area contributed by atoms with Crippen LogP contribution in [0.5, 0.6) is 11.5 Å². The molecule has 0 aromatic heterocycles. The van der Waals surface area contributed by atoms with Gasteiger partial charge in [-0.2, -0.15) is 0 Å². The van der Waals surface area contributed by atoms with E-state index in [1.54, 1.807) is 6.92 Å². The third kappa shape index (κ3) is 2.99. The van der Waals surface area contributed by atoms with Crippen molar-refractivity contribution in [2.75, 3.05) is 5.73 Å². The van der Waals surface area contributed by atoms with E-state index in [1.807, 2.05) is 0 Å². The summed E-state index contributed by atoms with van der Waals surface area (Å²) in [7, 11) is 0. The number of nitrogens with two attached hydrogens (primary N) is 1. The Bertz CT molecular complexity index is 599. The zero-order chi connectivity index (χ0) is 14.0. The van der Waals surface area contributed by atoms with Gasteiger partial charge in [-0.3, -0.25) is 0 Å². The molecule has 0 spiro atoms. The number of nitrogen functional groups attached to an aromatic ring is 1. The average molecular weight is 267 g/mol. The Labute approximate surface area is 108 Å². The smallest absolute Gasteiger partial charge is 0.267 e. The maximum atomic E-state index is 13.4. The Morgan fingerprint density at radius 3 is 2.47 bits per heavy atom. The molecule has 2 nitrogen and oxygen atoms in total. The van der Waals surface area contributed by atoms with E-state index in [2.05, 4.69) is 0 Å². The molecule has 0 amide bonds. The van der Waals surface area contributed by atoms with Crippen molar-refractivity contribution in [1.29, 1.82) is 0 Å². The Balaban J connectivity index is 2.35. The number of benzene rings is 2.